The van der Waals surface area contributed by atoms with Crippen LogP contribution >= 0.6 is 0 Å². The number of benzene rings is 1. The first-order chi connectivity index (χ1) is 7.83. The van der Waals surface area contributed by atoms with Gasteiger partial charge < -0.3 is 10.6 Å². The molecule has 0 unspecified atom stereocenters. The zero-order chi connectivity index (χ0) is 11.6. The summed E-state index contributed by atoms with van der Waals surface area (Å²) in [4.78, 5) is 10.8. The van der Waals surface area contributed by atoms with Crippen LogP contribution in [0.15, 0.2) is 43.0 Å². The quantitative estimate of drug-likeness (QED) is 0.537. The molecule has 0 saturated carbocycles. The predicted octanol–water partition coefficient (Wildman–Crippen LogP) is 1.47. The van der Waals surface area contributed by atoms with Crippen molar-refractivity contribution in [3.8, 4) is 0 Å². The van der Waals surface area contributed by atoms with E-state index < -0.39 is 0 Å². The van der Waals surface area contributed by atoms with Gasteiger partial charge in [0.1, 0.15) is 0 Å². The average Bonchev–Trinajstić information content (AvgIpc) is 2.34. The van der Waals surface area contributed by atoms with Crippen LogP contribution in [0.4, 0.5) is 0 Å². The molecule has 16 heavy (non-hydrogen) atoms. The van der Waals surface area contributed by atoms with E-state index in [4.69, 9.17) is 0 Å². The molecule has 0 aromatic heterocycles. The molecule has 0 aliphatic carbocycles. The third kappa shape index (κ3) is 5.32. The Morgan fingerprint density at radius 3 is 2.69 bits per heavy atom. The first kappa shape index (κ1) is 12.5. The summed E-state index contributed by atoms with van der Waals surface area (Å²) in [5.74, 6) is -0.108. The first-order valence-corrected chi connectivity index (χ1v) is 5.48. The maximum absolute atomic E-state index is 10.8. The number of carbonyl (C=O) groups is 1. The van der Waals surface area contributed by atoms with Gasteiger partial charge in [-0.05, 0) is 24.6 Å². The Labute approximate surface area is 96.6 Å². The third-order valence-electron chi connectivity index (χ3n) is 2.19. The Balaban J connectivity index is 2.00. The lowest BCUT2D eigenvalue weighted by molar-refractivity contribution is -0.116. The van der Waals surface area contributed by atoms with Crippen LogP contribution in [0.1, 0.15) is 12.0 Å². The predicted molar refractivity (Wildman–Crippen MR) is 66.0 cm³/mol. The maximum atomic E-state index is 10.8. The van der Waals surface area contributed by atoms with Crippen molar-refractivity contribution in [3.63, 3.8) is 0 Å². The topological polar surface area (TPSA) is 41.1 Å². The van der Waals surface area contributed by atoms with Crippen LogP contribution in [0, 0.1) is 0 Å². The lowest BCUT2D eigenvalue weighted by Gasteiger charge is -2.05. The molecule has 86 valence electrons. The number of rotatable bonds is 7. The fourth-order valence-corrected chi connectivity index (χ4v) is 1.33. The van der Waals surface area contributed by atoms with Crippen molar-refractivity contribution in [2.45, 2.75) is 13.0 Å². The molecule has 0 spiro atoms. The van der Waals surface area contributed by atoms with Gasteiger partial charge in [0.15, 0.2) is 0 Å². The summed E-state index contributed by atoms with van der Waals surface area (Å²) in [5.41, 5.74) is 1.28. The van der Waals surface area contributed by atoms with Crippen molar-refractivity contribution in [2.24, 2.45) is 0 Å². The second-order valence-electron chi connectivity index (χ2n) is 3.51. The van der Waals surface area contributed by atoms with Gasteiger partial charge in [0, 0.05) is 13.1 Å². The number of nitrogens with one attached hydrogen (secondary N) is 2. The maximum Gasteiger partial charge on any atom is 0.243 e. The van der Waals surface area contributed by atoms with Gasteiger partial charge in [-0.1, -0.05) is 36.9 Å². The summed E-state index contributed by atoms with van der Waals surface area (Å²) in [6.07, 6.45) is 2.21. The Morgan fingerprint density at radius 1 is 1.25 bits per heavy atom. The number of hydrogen-bond acceptors (Lipinski definition) is 2. The van der Waals surface area contributed by atoms with Gasteiger partial charge in [-0.3, -0.25) is 4.79 Å². The number of amides is 1. The molecule has 0 saturated heterocycles. The summed E-state index contributed by atoms with van der Waals surface area (Å²) in [6, 6.07) is 10.2. The van der Waals surface area contributed by atoms with Crippen LogP contribution in [0.5, 0.6) is 0 Å². The zero-order valence-corrected chi connectivity index (χ0v) is 9.41. The molecule has 1 amide bonds. The minimum Gasteiger partial charge on any atom is -0.353 e. The average molecular weight is 218 g/mol. The van der Waals surface area contributed by atoms with Gasteiger partial charge >= 0.3 is 0 Å². The minimum absolute atomic E-state index is 0.108. The molecule has 0 aliphatic heterocycles. The molecule has 1 rings (SSSR count). The van der Waals surface area contributed by atoms with Crippen molar-refractivity contribution >= 4 is 5.91 Å². The Kier molecular flexibility index (Phi) is 5.96. The number of hydrogen-bond donors (Lipinski definition) is 2. The fourth-order valence-electron chi connectivity index (χ4n) is 1.33. The summed E-state index contributed by atoms with van der Waals surface area (Å²) >= 11 is 0. The molecule has 0 aliphatic rings. The molecular formula is C13H18N2O. The third-order valence-corrected chi connectivity index (χ3v) is 2.19. The summed E-state index contributed by atoms with van der Waals surface area (Å²) < 4.78 is 0. The second-order valence-corrected chi connectivity index (χ2v) is 3.51. The molecule has 1 aromatic rings. The van der Waals surface area contributed by atoms with Crippen molar-refractivity contribution in [1.29, 1.82) is 0 Å². The van der Waals surface area contributed by atoms with E-state index in [-0.39, 0.29) is 5.91 Å². The van der Waals surface area contributed by atoms with E-state index in [1.807, 2.05) is 18.2 Å². The molecule has 1 aromatic carbocycles. The molecule has 0 fully saturated rings. The molecule has 3 heteroatoms. The lowest BCUT2D eigenvalue weighted by Crippen LogP contribution is -2.25. The highest BCUT2D eigenvalue weighted by atomic mass is 16.1. The summed E-state index contributed by atoms with van der Waals surface area (Å²) in [5, 5.41) is 6.05. The highest BCUT2D eigenvalue weighted by Gasteiger charge is 1.93. The fraction of sp³-hybridized carbons (Fsp3) is 0.308. The van der Waals surface area contributed by atoms with E-state index in [2.05, 4.69) is 29.3 Å². The Bertz CT molecular complexity index is 322. The lowest BCUT2D eigenvalue weighted by atomic mass is 10.2. The van der Waals surface area contributed by atoms with E-state index in [1.165, 1.54) is 11.6 Å². The van der Waals surface area contributed by atoms with E-state index in [0.29, 0.717) is 6.54 Å². The van der Waals surface area contributed by atoms with Gasteiger partial charge in [0.2, 0.25) is 5.91 Å². The van der Waals surface area contributed by atoms with Gasteiger partial charge in [-0.2, -0.15) is 0 Å². The standard InChI is InChI=1S/C13H18N2O/c1-2-13(16)15-10-6-9-14-11-12-7-4-3-5-8-12/h2-5,7-8,14H,1,6,9-11H2,(H,15,16). The van der Waals surface area contributed by atoms with Gasteiger partial charge in [-0.15, -0.1) is 0 Å². The highest BCUT2D eigenvalue weighted by molar-refractivity contribution is 5.86. The highest BCUT2D eigenvalue weighted by Crippen LogP contribution is 1.96. The zero-order valence-electron chi connectivity index (χ0n) is 9.41. The van der Waals surface area contributed by atoms with Crippen molar-refractivity contribution < 1.29 is 4.79 Å². The molecule has 3 nitrogen and oxygen atoms in total. The summed E-state index contributed by atoms with van der Waals surface area (Å²) in [6.45, 7) is 5.84. The smallest absolute Gasteiger partial charge is 0.243 e. The van der Waals surface area contributed by atoms with Crippen LogP contribution in [0.2, 0.25) is 0 Å². The molecule has 0 bridgehead atoms. The first-order valence-electron chi connectivity index (χ1n) is 5.48. The molecule has 0 atom stereocenters. The largest absolute Gasteiger partial charge is 0.353 e. The van der Waals surface area contributed by atoms with Crippen LogP contribution in [-0.2, 0) is 11.3 Å². The van der Waals surface area contributed by atoms with Crippen LogP contribution in [0.3, 0.4) is 0 Å². The van der Waals surface area contributed by atoms with Crippen molar-refractivity contribution in [3.05, 3.63) is 48.6 Å². The minimum atomic E-state index is -0.108. The molecular weight excluding hydrogens is 200 g/mol. The van der Waals surface area contributed by atoms with Crippen molar-refractivity contribution in [1.82, 2.24) is 10.6 Å². The SMILES string of the molecule is C=CC(=O)NCCCNCc1ccccc1. The molecule has 0 heterocycles. The van der Waals surface area contributed by atoms with Gasteiger partial charge in [-0.25, -0.2) is 0 Å². The Hall–Kier alpha value is -1.61. The Morgan fingerprint density at radius 2 is 2.00 bits per heavy atom. The van der Waals surface area contributed by atoms with E-state index in [9.17, 15) is 4.79 Å². The van der Waals surface area contributed by atoms with Crippen LogP contribution in [0.25, 0.3) is 0 Å². The van der Waals surface area contributed by atoms with E-state index in [1.54, 1.807) is 0 Å². The monoisotopic (exact) mass is 218 g/mol. The van der Waals surface area contributed by atoms with Gasteiger partial charge in [0.25, 0.3) is 0 Å². The van der Waals surface area contributed by atoms with E-state index in [0.717, 1.165) is 19.5 Å². The van der Waals surface area contributed by atoms with E-state index >= 15 is 0 Å². The van der Waals surface area contributed by atoms with Crippen molar-refractivity contribution in [2.75, 3.05) is 13.1 Å². The van der Waals surface area contributed by atoms with Crippen LogP contribution in [-0.4, -0.2) is 19.0 Å². The molecule has 2 N–H and O–H groups in total. The molecule has 0 radical (unpaired) electrons. The normalized spacial score (nSPS) is 9.75. The number of carbonyl (C=O) groups excluding carboxylic acids is 1. The summed E-state index contributed by atoms with van der Waals surface area (Å²) in [7, 11) is 0. The van der Waals surface area contributed by atoms with Crippen LogP contribution < -0.4 is 10.6 Å². The second kappa shape index (κ2) is 7.65. The van der Waals surface area contributed by atoms with Gasteiger partial charge in [0.05, 0.1) is 0 Å².